The third-order valence-electron chi connectivity index (χ3n) is 5.88. The number of carbonyl (C=O) groups is 1. The first-order chi connectivity index (χ1) is 15.2. The highest BCUT2D eigenvalue weighted by Gasteiger charge is 2.25. The molecule has 3 aromatic rings. The summed E-state index contributed by atoms with van der Waals surface area (Å²) in [7, 11) is 3.34. The highest BCUT2D eigenvalue weighted by Crippen LogP contribution is 2.27. The van der Waals surface area contributed by atoms with Crippen molar-refractivity contribution in [1.29, 1.82) is 0 Å². The van der Waals surface area contributed by atoms with E-state index in [1.165, 1.54) is 0 Å². The van der Waals surface area contributed by atoms with E-state index in [0.29, 0.717) is 19.5 Å². The van der Waals surface area contributed by atoms with Crippen LogP contribution in [-0.4, -0.2) is 55.8 Å². The lowest BCUT2D eigenvalue weighted by atomic mass is 10.0. The van der Waals surface area contributed by atoms with Crippen molar-refractivity contribution in [3.05, 3.63) is 78.6 Å². The van der Waals surface area contributed by atoms with Gasteiger partial charge in [0.1, 0.15) is 11.5 Å². The van der Waals surface area contributed by atoms with Crippen LogP contribution in [0.25, 0.3) is 0 Å². The summed E-state index contributed by atoms with van der Waals surface area (Å²) in [4.78, 5) is 17.5. The van der Waals surface area contributed by atoms with Crippen LogP contribution in [0.2, 0.25) is 0 Å². The zero-order valence-corrected chi connectivity index (χ0v) is 18.1. The van der Waals surface area contributed by atoms with Crippen molar-refractivity contribution in [2.45, 2.75) is 12.5 Å². The maximum atomic E-state index is 13.2. The van der Waals surface area contributed by atoms with Crippen LogP contribution in [0.15, 0.2) is 73.1 Å². The Hall–Kier alpha value is -3.41. The second kappa shape index (κ2) is 9.60. The lowest BCUT2D eigenvalue weighted by Crippen LogP contribution is -2.49. The van der Waals surface area contributed by atoms with Gasteiger partial charge in [-0.3, -0.25) is 4.79 Å². The Morgan fingerprint density at radius 3 is 2.19 bits per heavy atom. The Bertz CT molecular complexity index is 995. The normalized spacial score (nSPS) is 14.9. The molecule has 2 heterocycles. The van der Waals surface area contributed by atoms with E-state index in [2.05, 4.69) is 21.6 Å². The Kier molecular flexibility index (Phi) is 6.46. The van der Waals surface area contributed by atoms with Gasteiger partial charge >= 0.3 is 0 Å². The van der Waals surface area contributed by atoms with Crippen LogP contribution in [-0.2, 0) is 4.79 Å². The molecule has 1 atom stereocenters. The van der Waals surface area contributed by atoms with Crippen molar-refractivity contribution in [2.75, 3.05) is 45.3 Å². The van der Waals surface area contributed by atoms with Crippen LogP contribution in [0.1, 0.15) is 18.0 Å². The van der Waals surface area contributed by atoms with Crippen molar-refractivity contribution in [3.63, 3.8) is 0 Å². The summed E-state index contributed by atoms with van der Waals surface area (Å²) in [5, 5.41) is 0. The fourth-order valence-electron chi connectivity index (χ4n) is 4.12. The van der Waals surface area contributed by atoms with Gasteiger partial charge in [0.15, 0.2) is 0 Å². The highest BCUT2D eigenvalue weighted by molar-refractivity contribution is 5.77. The zero-order valence-electron chi connectivity index (χ0n) is 18.1. The van der Waals surface area contributed by atoms with Crippen molar-refractivity contribution in [2.24, 2.45) is 0 Å². The fourth-order valence-corrected chi connectivity index (χ4v) is 4.12. The Morgan fingerprint density at radius 2 is 1.52 bits per heavy atom. The quantitative estimate of drug-likeness (QED) is 0.584. The number of piperazine rings is 1. The van der Waals surface area contributed by atoms with E-state index >= 15 is 0 Å². The van der Waals surface area contributed by atoms with Crippen molar-refractivity contribution in [1.82, 2.24) is 9.47 Å². The van der Waals surface area contributed by atoms with E-state index in [0.717, 1.165) is 35.8 Å². The van der Waals surface area contributed by atoms with Gasteiger partial charge in [0, 0.05) is 50.3 Å². The number of hydrogen-bond donors (Lipinski definition) is 0. The first-order valence-electron chi connectivity index (χ1n) is 10.6. The van der Waals surface area contributed by atoms with Crippen molar-refractivity contribution >= 4 is 11.6 Å². The van der Waals surface area contributed by atoms with Gasteiger partial charge in [-0.1, -0.05) is 18.2 Å². The van der Waals surface area contributed by atoms with Gasteiger partial charge < -0.3 is 23.8 Å². The Labute approximate surface area is 183 Å². The number of carbonyl (C=O) groups excluding carboxylic acids is 1. The molecule has 0 saturated carbocycles. The molecule has 0 unspecified atom stereocenters. The van der Waals surface area contributed by atoms with E-state index < -0.39 is 0 Å². The topological polar surface area (TPSA) is 46.9 Å². The molecule has 4 rings (SSSR count). The summed E-state index contributed by atoms with van der Waals surface area (Å²) in [6.45, 7) is 3.05. The molecule has 31 heavy (non-hydrogen) atoms. The number of amides is 1. The minimum atomic E-state index is -0.0611. The van der Waals surface area contributed by atoms with Crippen molar-refractivity contribution < 1.29 is 14.3 Å². The summed E-state index contributed by atoms with van der Waals surface area (Å²) in [6, 6.07) is 20.0. The van der Waals surface area contributed by atoms with Crippen LogP contribution in [0.4, 0.5) is 5.69 Å². The van der Waals surface area contributed by atoms with Gasteiger partial charge in [0.2, 0.25) is 5.91 Å². The number of ether oxygens (including phenoxy) is 2. The first-order valence-corrected chi connectivity index (χ1v) is 10.6. The van der Waals surface area contributed by atoms with Gasteiger partial charge in [-0.05, 0) is 42.0 Å². The zero-order chi connectivity index (χ0) is 21.6. The van der Waals surface area contributed by atoms with E-state index in [-0.39, 0.29) is 11.9 Å². The molecule has 1 aromatic heterocycles. The molecule has 1 amide bonds. The van der Waals surface area contributed by atoms with E-state index in [1.54, 1.807) is 14.2 Å². The number of benzene rings is 2. The molecule has 6 heteroatoms. The van der Waals surface area contributed by atoms with Gasteiger partial charge in [-0.2, -0.15) is 0 Å². The number of anilines is 1. The highest BCUT2D eigenvalue weighted by atomic mass is 16.5. The third-order valence-corrected chi connectivity index (χ3v) is 5.88. The summed E-state index contributed by atoms with van der Waals surface area (Å²) in [5.41, 5.74) is 2.20. The molecular weight excluding hydrogens is 390 g/mol. The minimum absolute atomic E-state index is 0.0611. The molecule has 1 saturated heterocycles. The van der Waals surface area contributed by atoms with E-state index in [9.17, 15) is 4.79 Å². The second-order valence-corrected chi connectivity index (χ2v) is 7.70. The number of nitrogens with zero attached hydrogens (tertiary/aromatic N) is 3. The Morgan fingerprint density at radius 1 is 0.871 bits per heavy atom. The van der Waals surface area contributed by atoms with Gasteiger partial charge in [0.05, 0.1) is 26.7 Å². The standard InChI is InChI=1S/C25H29N3O3/c1-30-22-9-5-7-20(17-22)24(27-11-3-4-12-27)19-25(29)28-15-13-26(14-16-28)21-8-6-10-23(18-21)31-2/h3-12,17-18,24H,13-16,19H2,1-2H3/t24-/m1/s1. The molecule has 162 valence electrons. The molecule has 1 fully saturated rings. The molecule has 2 aromatic carbocycles. The number of hydrogen-bond acceptors (Lipinski definition) is 4. The predicted molar refractivity (Wildman–Crippen MR) is 122 cm³/mol. The molecule has 6 nitrogen and oxygen atoms in total. The summed E-state index contributed by atoms with van der Waals surface area (Å²) >= 11 is 0. The van der Waals surface area contributed by atoms with Crippen LogP contribution in [0.3, 0.4) is 0 Å². The third kappa shape index (κ3) is 4.85. The lowest BCUT2D eigenvalue weighted by molar-refractivity contribution is -0.132. The van der Waals surface area contributed by atoms with E-state index in [1.807, 2.05) is 65.8 Å². The molecule has 0 spiro atoms. The molecule has 1 aliphatic heterocycles. The predicted octanol–water partition coefficient (Wildman–Crippen LogP) is 3.83. The molecule has 0 radical (unpaired) electrons. The fraction of sp³-hybridized carbons (Fsp3) is 0.320. The van der Waals surface area contributed by atoms with Crippen LogP contribution < -0.4 is 14.4 Å². The molecule has 0 aliphatic carbocycles. The maximum Gasteiger partial charge on any atom is 0.225 e. The average molecular weight is 420 g/mol. The van der Waals surface area contributed by atoms with Gasteiger partial charge in [0.25, 0.3) is 0 Å². The minimum Gasteiger partial charge on any atom is -0.497 e. The monoisotopic (exact) mass is 419 g/mol. The number of aromatic nitrogens is 1. The molecule has 0 bridgehead atoms. The van der Waals surface area contributed by atoms with Gasteiger partial charge in [-0.25, -0.2) is 0 Å². The number of methoxy groups -OCH3 is 2. The van der Waals surface area contributed by atoms with Crippen LogP contribution in [0.5, 0.6) is 11.5 Å². The van der Waals surface area contributed by atoms with E-state index in [4.69, 9.17) is 9.47 Å². The Balaban J connectivity index is 1.43. The summed E-state index contributed by atoms with van der Waals surface area (Å²) < 4.78 is 12.8. The smallest absolute Gasteiger partial charge is 0.225 e. The van der Waals surface area contributed by atoms with Crippen LogP contribution in [0, 0.1) is 0 Å². The number of rotatable bonds is 7. The molecular formula is C25H29N3O3. The lowest BCUT2D eigenvalue weighted by Gasteiger charge is -2.37. The summed E-state index contributed by atoms with van der Waals surface area (Å²) in [5.74, 6) is 1.82. The maximum absolute atomic E-state index is 13.2. The average Bonchev–Trinajstić information content (AvgIpc) is 3.37. The summed E-state index contributed by atoms with van der Waals surface area (Å²) in [6.07, 6.45) is 4.44. The SMILES string of the molecule is COc1cccc([C@@H](CC(=O)N2CCN(c3cccc(OC)c3)CC2)n2cccc2)c1. The first kappa shape index (κ1) is 20.8. The van der Waals surface area contributed by atoms with Crippen molar-refractivity contribution in [3.8, 4) is 11.5 Å². The molecule has 1 aliphatic rings. The largest absolute Gasteiger partial charge is 0.497 e. The van der Waals surface area contributed by atoms with Gasteiger partial charge in [-0.15, -0.1) is 0 Å². The molecule has 0 N–H and O–H groups in total. The van der Waals surface area contributed by atoms with Crippen LogP contribution >= 0.6 is 0 Å². The second-order valence-electron chi connectivity index (χ2n) is 7.70.